The van der Waals surface area contributed by atoms with E-state index in [1.54, 1.807) is 0 Å². The molecule has 0 atom stereocenters. The van der Waals surface area contributed by atoms with E-state index in [4.69, 9.17) is 0 Å². The number of halogens is 1. The molecule has 0 saturated heterocycles. The number of aromatic amines is 1. The van der Waals surface area contributed by atoms with E-state index in [1.165, 1.54) is 43.5 Å². The molecule has 8 nitrogen and oxygen atoms in total. The smallest absolute Gasteiger partial charge is 0.337 e. The summed E-state index contributed by atoms with van der Waals surface area (Å²) >= 11 is 0. The summed E-state index contributed by atoms with van der Waals surface area (Å²) in [6.45, 7) is 0. The number of carbonyl (C=O) groups is 1. The average Bonchev–Trinajstić information content (AvgIpc) is 2.69. The maximum atomic E-state index is 13.1. The van der Waals surface area contributed by atoms with Crippen molar-refractivity contribution < 1.29 is 19.0 Å². The highest BCUT2D eigenvalue weighted by atomic mass is 19.1. The second-order valence-electron chi connectivity index (χ2n) is 5.61. The van der Waals surface area contributed by atoms with Gasteiger partial charge < -0.3 is 9.84 Å². The SMILES string of the molecule is COC(=O)c1ccc(N=Cc2c(O)n(-c3ccc(F)cc3)c(=O)[nH]c2=O)cc1. The zero-order chi connectivity index (χ0) is 20.3. The summed E-state index contributed by atoms with van der Waals surface area (Å²) in [6.07, 6.45) is 1.08. The highest BCUT2D eigenvalue weighted by molar-refractivity contribution is 5.90. The number of ether oxygens (including phenoxy) is 1. The van der Waals surface area contributed by atoms with Gasteiger partial charge in [-0.25, -0.2) is 18.5 Å². The molecule has 0 aliphatic carbocycles. The number of nitrogens with one attached hydrogen (secondary N) is 1. The number of hydrogen-bond acceptors (Lipinski definition) is 6. The van der Waals surface area contributed by atoms with Crippen LogP contribution in [0.1, 0.15) is 15.9 Å². The van der Waals surface area contributed by atoms with Gasteiger partial charge >= 0.3 is 11.7 Å². The van der Waals surface area contributed by atoms with Gasteiger partial charge in [0.15, 0.2) is 0 Å². The summed E-state index contributed by atoms with van der Waals surface area (Å²) in [7, 11) is 1.26. The van der Waals surface area contributed by atoms with E-state index in [-0.39, 0.29) is 11.3 Å². The number of aliphatic imine (C=N–C) groups is 1. The lowest BCUT2D eigenvalue weighted by Crippen LogP contribution is -2.31. The number of aromatic hydroxyl groups is 1. The van der Waals surface area contributed by atoms with Gasteiger partial charge in [-0.2, -0.15) is 0 Å². The fraction of sp³-hybridized carbons (Fsp3) is 0.0526. The van der Waals surface area contributed by atoms with Crippen LogP contribution in [-0.4, -0.2) is 34.0 Å². The Labute approximate surface area is 157 Å². The Morgan fingerprint density at radius 1 is 1.14 bits per heavy atom. The Morgan fingerprint density at radius 2 is 1.79 bits per heavy atom. The standard InChI is InChI=1S/C19H14FN3O5/c1-28-18(26)11-2-6-13(7-3-11)21-10-15-16(24)22-19(27)23(17(15)25)14-8-4-12(20)5-9-14/h2-10,25H,1H3,(H,22,24,27). The molecule has 0 saturated carbocycles. The lowest BCUT2D eigenvalue weighted by Gasteiger charge is -2.09. The first-order chi connectivity index (χ1) is 13.4. The van der Waals surface area contributed by atoms with E-state index in [0.717, 1.165) is 22.9 Å². The van der Waals surface area contributed by atoms with E-state index >= 15 is 0 Å². The van der Waals surface area contributed by atoms with Crippen molar-refractivity contribution >= 4 is 17.9 Å². The molecule has 3 rings (SSSR count). The maximum Gasteiger partial charge on any atom is 0.337 e. The van der Waals surface area contributed by atoms with Crippen LogP contribution in [0, 0.1) is 5.82 Å². The van der Waals surface area contributed by atoms with Crippen molar-refractivity contribution in [1.82, 2.24) is 9.55 Å². The average molecular weight is 383 g/mol. The van der Waals surface area contributed by atoms with E-state index in [2.05, 4.69) is 14.7 Å². The van der Waals surface area contributed by atoms with Crippen LogP contribution in [0.2, 0.25) is 0 Å². The third-order valence-electron chi connectivity index (χ3n) is 3.84. The first kappa shape index (κ1) is 18.8. The summed E-state index contributed by atoms with van der Waals surface area (Å²) in [4.78, 5) is 41.7. The minimum Gasteiger partial charge on any atom is -0.493 e. The molecule has 0 bridgehead atoms. The highest BCUT2D eigenvalue weighted by Gasteiger charge is 2.14. The number of rotatable bonds is 4. The Hall–Kier alpha value is -4.01. The van der Waals surface area contributed by atoms with Crippen molar-refractivity contribution in [2.75, 3.05) is 7.11 Å². The van der Waals surface area contributed by atoms with Crippen LogP contribution in [-0.2, 0) is 4.74 Å². The molecule has 0 spiro atoms. The molecule has 0 radical (unpaired) electrons. The fourth-order valence-electron chi connectivity index (χ4n) is 2.43. The number of nitrogens with zero attached hydrogens (tertiary/aromatic N) is 2. The van der Waals surface area contributed by atoms with Crippen LogP contribution in [0.3, 0.4) is 0 Å². The number of esters is 1. The lowest BCUT2D eigenvalue weighted by atomic mass is 10.2. The molecule has 0 amide bonds. The van der Waals surface area contributed by atoms with Crippen LogP contribution in [0.15, 0.2) is 63.1 Å². The van der Waals surface area contributed by atoms with Crippen LogP contribution < -0.4 is 11.2 Å². The van der Waals surface area contributed by atoms with Gasteiger partial charge in [-0.3, -0.25) is 14.8 Å². The number of aromatic nitrogens is 2. The van der Waals surface area contributed by atoms with Crippen molar-refractivity contribution in [3.8, 4) is 11.6 Å². The molecule has 0 fully saturated rings. The summed E-state index contributed by atoms with van der Waals surface area (Å²) in [6, 6.07) is 10.8. The van der Waals surface area contributed by atoms with E-state index in [0.29, 0.717) is 11.3 Å². The zero-order valence-electron chi connectivity index (χ0n) is 14.5. The lowest BCUT2D eigenvalue weighted by molar-refractivity contribution is 0.0601. The zero-order valence-corrected chi connectivity index (χ0v) is 14.5. The number of hydrogen-bond donors (Lipinski definition) is 2. The first-order valence-corrected chi connectivity index (χ1v) is 7.97. The second-order valence-corrected chi connectivity index (χ2v) is 5.61. The minimum absolute atomic E-state index is 0.164. The number of H-pyrrole nitrogens is 1. The molecule has 142 valence electrons. The molecule has 0 aliphatic heterocycles. The van der Waals surface area contributed by atoms with Crippen LogP contribution in [0.25, 0.3) is 5.69 Å². The van der Waals surface area contributed by atoms with Crippen molar-refractivity contribution in [3.63, 3.8) is 0 Å². The molecular weight excluding hydrogens is 369 g/mol. The summed E-state index contributed by atoms with van der Waals surface area (Å²) in [5.74, 6) is -1.66. The van der Waals surface area contributed by atoms with E-state index in [1.807, 2.05) is 0 Å². The van der Waals surface area contributed by atoms with Crippen molar-refractivity contribution in [3.05, 3.63) is 86.3 Å². The molecule has 2 aromatic carbocycles. The van der Waals surface area contributed by atoms with Gasteiger partial charge in [-0.1, -0.05) is 0 Å². The Balaban J connectivity index is 2.00. The summed E-state index contributed by atoms with van der Waals surface area (Å²) in [5, 5.41) is 10.4. The summed E-state index contributed by atoms with van der Waals surface area (Å²) in [5.41, 5.74) is -1.10. The third-order valence-corrected chi connectivity index (χ3v) is 3.84. The topological polar surface area (TPSA) is 114 Å². The molecule has 0 aliphatic rings. The van der Waals surface area contributed by atoms with Crippen LogP contribution in [0.5, 0.6) is 5.88 Å². The Bertz CT molecular complexity index is 1160. The van der Waals surface area contributed by atoms with Gasteiger partial charge in [-0.05, 0) is 48.5 Å². The minimum atomic E-state index is -0.881. The maximum absolute atomic E-state index is 13.1. The van der Waals surface area contributed by atoms with Gasteiger partial charge in [0.2, 0.25) is 5.88 Å². The highest BCUT2D eigenvalue weighted by Crippen LogP contribution is 2.18. The van der Waals surface area contributed by atoms with Gasteiger partial charge in [0.1, 0.15) is 11.4 Å². The largest absolute Gasteiger partial charge is 0.493 e. The van der Waals surface area contributed by atoms with Gasteiger partial charge in [0.25, 0.3) is 5.56 Å². The predicted molar refractivity (Wildman–Crippen MR) is 99.3 cm³/mol. The van der Waals surface area contributed by atoms with Gasteiger partial charge in [0, 0.05) is 6.21 Å². The fourth-order valence-corrected chi connectivity index (χ4v) is 2.43. The third kappa shape index (κ3) is 3.73. The predicted octanol–water partition coefficient (Wildman–Crippen LogP) is 1.91. The van der Waals surface area contributed by atoms with Gasteiger partial charge in [0.05, 0.1) is 24.0 Å². The summed E-state index contributed by atoms with van der Waals surface area (Å²) < 4.78 is 18.5. The monoisotopic (exact) mass is 383 g/mol. The van der Waals surface area contributed by atoms with E-state index < -0.39 is 28.9 Å². The number of carbonyl (C=O) groups excluding carboxylic acids is 1. The molecule has 0 unspecified atom stereocenters. The van der Waals surface area contributed by atoms with Gasteiger partial charge in [-0.15, -0.1) is 0 Å². The second kappa shape index (κ2) is 7.70. The normalized spacial score (nSPS) is 10.9. The Morgan fingerprint density at radius 3 is 2.39 bits per heavy atom. The molecule has 28 heavy (non-hydrogen) atoms. The molecule has 2 N–H and O–H groups in total. The number of benzene rings is 2. The van der Waals surface area contributed by atoms with Crippen LogP contribution >= 0.6 is 0 Å². The van der Waals surface area contributed by atoms with Crippen LogP contribution in [0.4, 0.5) is 10.1 Å². The molecular formula is C19H14FN3O5. The molecule has 1 aromatic heterocycles. The van der Waals surface area contributed by atoms with Crippen molar-refractivity contribution in [2.45, 2.75) is 0 Å². The van der Waals surface area contributed by atoms with Crippen molar-refractivity contribution in [1.29, 1.82) is 0 Å². The Kier molecular flexibility index (Phi) is 5.16. The molecule has 9 heteroatoms. The molecule has 3 aromatic rings. The quantitative estimate of drug-likeness (QED) is 0.528. The van der Waals surface area contributed by atoms with E-state index in [9.17, 15) is 23.9 Å². The number of methoxy groups -OCH3 is 1. The first-order valence-electron chi connectivity index (χ1n) is 7.97. The van der Waals surface area contributed by atoms with Crippen molar-refractivity contribution in [2.24, 2.45) is 4.99 Å². The molecule has 1 heterocycles.